The van der Waals surface area contributed by atoms with Crippen molar-refractivity contribution in [1.29, 1.82) is 5.26 Å². The fourth-order valence-corrected chi connectivity index (χ4v) is 3.12. The highest BCUT2D eigenvalue weighted by Crippen LogP contribution is 2.37. The van der Waals surface area contributed by atoms with Crippen LogP contribution in [0.3, 0.4) is 0 Å². The van der Waals surface area contributed by atoms with Gasteiger partial charge in [-0.25, -0.2) is 5.14 Å². The summed E-state index contributed by atoms with van der Waals surface area (Å²) in [5.74, 6) is 1.04. The number of fused-ring (bicyclic) bond motifs is 1. The zero-order chi connectivity index (χ0) is 20.3. The predicted molar refractivity (Wildman–Crippen MR) is 103 cm³/mol. The van der Waals surface area contributed by atoms with Gasteiger partial charge in [0, 0.05) is 35.0 Å². The molecule has 144 valence electrons. The van der Waals surface area contributed by atoms with Gasteiger partial charge in [-0.2, -0.15) is 18.4 Å². The summed E-state index contributed by atoms with van der Waals surface area (Å²) in [6, 6.07) is 9.04. The van der Waals surface area contributed by atoms with Gasteiger partial charge in [0.15, 0.2) is 11.5 Å². The van der Waals surface area contributed by atoms with Crippen LogP contribution in [0.25, 0.3) is 22.0 Å². The van der Waals surface area contributed by atoms with E-state index in [-0.39, 0.29) is 6.54 Å². The van der Waals surface area contributed by atoms with E-state index in [0.717, 1.165) is 0 Å². The molecule has 9 nitrogen and oxygen atoms in total. The normalized spacial score (nSPS) is 11.2. The maximum absolute atomic E-state index is 11.0. The Morgan fingerprint density at radius 2 is 1.86 bits per heavy atom. The first-order valence-corrected chi connectivity index (χ1v) is 9.58. The summed E-state index contributed by atoms with van der Waals surface area (Å²) in [5.41, 5.74) is 2.81. The molecule has 0 saturated carbocycles. The summed E-state index contributed by atoms with van der Waals surface area (Å²) < 4.78 is 34.9. The van der Waals surface area contributed by atoms with Gasteiger partial charge in [0.05, 0.1) is 37.5 Å². The van der Waals surface area contributed by atoms with Crippen molar-refractivity contribution in [3.63, 3.8) is 0 Å². The lowest BCUT2D eigenvalue weighted by Gasteiger charge is -2.13. The number of pyridine rings is 2. The molecule has 3 rings (SSSR count). The summed E-state index contributed by atoms with van der Waals surface area (Å²) in [4.78, 5) is 8.58. The van der Waals surface area contributed by atoms with Crippen molar-refractivity contribution in [1.82, 2.24) is 14.7 Å². The molecule has 1 aromatic carbocycles. The minimum atomic E-state index is -3.81. The molecular formula is C18H17N5O4S. The van der Waals surface area contributed by atoms with Gasteiger partial charge in [-0.15, -0.1) is 0 Å². The molecule has 0 amide bonds. The average Bonchev–Trinajstić information content (AvgIpc) is 2.70. The highest BCUT2D eigenvalue weighted by molar-refractivity contribution is 7.87. The van der Waals surface area contributed by atoms with Gasteiger partial charge < -0.3 is 9.47 Å². The lowest BCUT2D eigenvalue weighted by Crippen LogP contribution is -2.30. The number of nitrogens with one attached hydrogen (secondary N) is 1. The molecule has 3 aromatic rings. The van der Waals surface area contributed by atoms with Gasteiger partial charge in [0.25, 0.3) is 10.2 Å². The molecule has 3 N–H and O–H groups in total. The molecular weight excluding hydrogens is 382 g/mol. The highest BCUT2D eigenvalue weighted by Gasteiger charge is 2.15. The van der Waals surface area contributed by atoms with Gasteiger partial charge in [-0.3, -0.25) is 9.97 Å². The molecule has 0 aliphatic carbocycles. The van der Waals surface area contributed by atoms with Crippen LogP contribution in [0.15, 0.2) is 36.7 Å². The van der Waals surface area contributed by atoms with Crippen LogP contribution in [0.2, 0.25) is 0 Å². The third-order valence-electron chi connectivity index (χ3n) is 4.06. The van der Waals surface area contributed by atoms with Crippen LogP contribution in [0, 0.1) is 11.3 Å². The van der Waals surface area contributed by atoms with E-state index in [1.807, 2.05) is 0 Å². The number of nitrogens with two attached hydrogens (primary N) is 1. The molecule has 0 atom stereocenters. The molecule has 0 fully saturated rings. The van der Waals surface area contributed by atoms with Crippen LogP contribution in [0.1, 0.15) is 11.3 Å². The SMILES string of the molecule is COc1cc2ncc(C#N)c(-c3ccc(CNS(N)(=O)=O)nc3)c2cc1OC. The number of nitrogens with zero attached hydrogens (tertiary/aromatic N) is 3. The Morgan fingerprint density at radius 1 is 1.14 bits per heavy atom. The van der Waals surface area contributed by atoms with E-state index in [9.17, 15) is 13.7 Å². The third kappa shape index (κ3) is 4.01. The van der Waals surface area contributed by atoms with Gasteiger partial charge in [-0.05, 0) is 12.1 Å². The van der Waals surface area contributed by atoms with E-state index in [2.05, 4.69) is 20.8 Å². The molecule has 0 bridgehead atoms. The van der Waals surface area contributed by atoms with Crippen LogP contribution in [0.5, 0.6) is 11.5 Å². The van der Waals surface area contributed by atoms with Crippen molar-refractivity contribution in [2.45, 2.75) is 6.54 Å². The molecule has 0 radical (unpaired) electrons. The fourth-order valence-electron chi connectivity index (χ4n) is 2.77. The Labute approximate surface area is 161 Å². The second-order valence-electron chi connectivity index (χ2n) is 5.79. The van der Waals surface area contributed by atoms with Crippen molar-refractivity contribution in [3.8, 4) is 28.7 Å². The van der Waals surface area contributed by atoms with Gasteiger partial charge in [0.1, 0.15) is 6.07 Å². The number of benzene rings is 1. The maximum atomic E-state index is 11.0. The zero-order valence-corrected chi connectivity index (χ0v) is 15.9. The molecule has 2 aromatic heterocycles. The van der Waals surface area contributed by atoms with Crippen LogP contribution >= 0.6 is 0 Å². The number of rotatable bonds is 6. The van der Waals surface area contributed by atoms with Crippen molar-refractivity contribution >= 4 is 21.1 Å². The molecule has 0 aliphatic rings. The Hall–Kier alpha value is -3.26. The Bertz CT molecular complexity index is 1170. The van der Waals surface area contributed by atoms with Crippen LogP contribution in [0.4, 0.5) is 0 Å². The second-order valence-corrected chi connectivity index (χ2v) is 7.17. The summed E-state index contributed by atoms with van der Waals surface area (Å²) >= 11 is 0. The largest absolute Gasteiger partial charge is 0.493 e. The van der Waals surface area contributed by atoms with E-state index >= 15 is 0 Å². The second kappa shape index (κ2) is 7.77. The zero-order valence-electron chi connectivity index (χ0n) is 15.1. The van der Waals surface area contributed by atoms with E-state index in [0.29, 0.717) is 44.8 Å². The summed E-state index contributed by atoms with van der Waals surface area (Å²) in [7, 11) is -0.744. The van der Waals surface area contributed by atoms with Crippen molar-refractivity contribution in [2.24, 2.45) is 5.14 Å². The van der Waals surface area contributed by atoms with Gasteiger partial charge >= 0.3 is 0 Å². The molecule has 2 heterocycles. The molecule has 0 spiro atoms. The minimum absolute atomic E-state index is 0.0354. The van der Waals surface area contributed by atoms with E-state index in [1.54, 1.807) is 30.5 Å². The van der Waals surface area contributed by atoms with Gasteiger partial charge in [0.2, 0.25) is 0 Å². The minimum Gasteiger partial charge on any atom is -0.493 e. The number of nitriles is 1. The Balaban J connectivity index is 2.12. The number of ether oxygens (including phenoxy) is 2. The molecule has 0 unspecified atom stereocenters. The summed E-state index contributed by atoms with van der Waals surface area (Å²) in [5, 5.41) is 15.2. The highest BCUT2D eigenvalue weighted by atomic mass is 32.2. The number of aromatic nitrogens is 2. The van der Waals surface area contributed by atoms with E-state index in [1.165, 1.54) is 20.4 Å². The molecule has 28 heavy (non-hydrogen) atoms. The maximum Gasteiger partial charge on any atom is 0.274 e. The van der Waals surface area contributed by atoms with Crippen LogP contribution < -0.4 is 19.3 Å². The van der Waals surface area contributed by atoms with Crippen molar-refractivity contribution in [2.75, 3.05) is 14.2 Å². The molecule has 0 aliphatic heterocycles. The smallest absolute Gasteiger partial charge is 0.274 e. The van der Waals surface area contributed by atoms with E-state index in [4.69, 9.17) is 14.6 Å². The number of methoxy groups -OCH3 is 2. The summed E-state index contributed by atoms with van der Waals surface area (Å²) in [6.45, 7) is -0.0354. The first-order chi connectivity index (χ1) is 13.4. The van der Waals surface area contributed by atoms with Crippen LogP contribution in [-0.4, -0.2) is 32.6 Å². The Kier molecular flexibility index (Phi) is 5.41. The van der Waals surface area contributed by atoms with Crippen LogP contribution in [-0.2, 0) is 16.8 Å². The molecule has 0 saturated heterocycles. The quantitative estimate of drug-likeness (QED) is 0.639. The first kappa shape index (κ1) is 19.5. The summed E-state index contributed by atoms with van der Waals surface area (Å²) in [6.07, 6.45) is 3.05. The number of hydrogen-bond donors (Lipinski definition) is 2. The standard InChI is InChI=1S/C18H17N5O4S/c1-26-16-5-14-15(6-17(16)27-2)22-9-12(7-19)18(14)11-3-4-13(21-8-11)10-23-28(20,24)25/h3-6,8-9,23H,10H2,1-2H3,(H2,20,24,25). The first-order valence-electron chi connectivity index (χ1n) is 8.03. The lowest BCUT2D eigenvalue weighted by atomic mass is 9.97. The fraction of sp³-hybridized carbons (Fsp3) is 0.167. The van der Waals surface area contributed by atoms with Gasteiger partial charge in [-0.1, -0.05) is 6.07 Å². The topological polar surface area (TPSA) is 140 Å². The van der Waals surface area contributed by atoms with Crippen molar-refractivity contribution in [3.05, 3.63) is 47.9 Å². The monoisotopic (exact) mass is 399 g/mol. The van der Waals surface area contributed by atoms with Crippen molar-refractivity contribution < 1.29 is 17.9 Å². The average molecular weight is 399 g/mol. The third-order valence-corrected chi connectivity index (χ3v) is 4.61. The number of hydrogen-bond acceptors (Lipinski definition) is 7. The lowest BCUT2D eigenvalue weighted by molar-refractivity contribution is 0.356. The Morgan fingerprint density at radius 3 is 2.43 bits per heavy atom. The molecule has 10 heteroatoms. The predicted octanol–water partition coefficient (Wildman–Crippen LogP) is 1.48. The van der Waals surface area contributed by atoms with E-state index < -0.39 is 10.2 Å².